The molecule has 5 heteroatoms. The minimum atomic E-state index is -0.267. The Kier molecular flexibility index (Phi) is 4.71. The first-order valence-electron chi connectivity index (χ1n) is 7.52. The highest BCUT2D eigenvalue weighted by Gasteiger charge is 2.35. The van der Waals surface area contributed by atoms with Gasteiger partial charge in [0.15, 0.2) is 0 Å². The van der Waals surface area contributed by atoms with Gasteiger partial charge in [-0.2, -0.15) is 0 Å². The number of para-hydroxylation sites is 1. The van der Waals surface area contributed by atoms with E-state index >= 15 is 0 Å². The van der Waals surface area contributed by atoms with E-state index in [1.54, 1.807) is 13.2 Å². The fourth-order valence-electron chi connectivity index (χ4n) is 2.44. The highest BCUT2D eigenvalue weighted by Crippen LogP contribution is 2.34. The zero-order valence-electron chi connectivity index (χ0n) is 13.5. The van der Waals surface area contributed by atoms with Crippen LogP contribution in [0.4, 0.5) is 4.79 Å². The molecule has 122 valence electrons. The molecule has 0 aromatic heterocycles. The van der Waals surface area contributed by atoms with E-state index in [2.05, 4.69) is 0 Å². The van der Waals surface area contributed by atoms with E-state index in [4.69, 9.17) is 4.74 Å². The van der Waals surface area contributed by atoms with Gasteiger partial charge < -0.3 is 4.74 Å². The van der Waals surface area contributed by atoms with Crippen LogP contribution in [0.1, 0.15) is 16.7 Å². The number of amides is 2. The summed E-state index contributed by atoms with van der Waals surface area (Å²) in [6, 6.07) is 15.2. The first kappa shape index (κ1) is 16.3. The summed E-state index contributed by atoms with van der Waals surface area (Å²) in [5, 5.41) is -0.248. The van der Waals surface area contributed by atoms with E-state index in [1.165, 1.54) is 4.90 Å². The van der Waals surface area contributed by atoms with Crippen molar-refractivity contribution in [2.45, 2.75) is 13.5 Å². The Hall–Kier alpha value is -2.53. The Morgan fingerprint density at radius 1 is 1.08 bits per heavy atom. The maximum atomic E-state index is 12.6. The summed E-state index contributed by atoms with van der Waals surface area (Å²) in [7, 11) is 1.58. The van der Waals surface area contributed by atoms with E-state index < -0.39 is 0 Å². The largest absolute Gasteiger partial charge is 0.496 e. The number of nitrogens with zero attached hydrogens (tertiary/aromatic N) is 1. The number of methoxy groups -OCH3 is 1. The Balaban J connectivity index is 1.83. The number of imide groups is 1. The highest BCUT2D eigenvalue weighted by molar-refractivity contribution is 8.18. The minimum absolute atomic E-state index is 0.248. The molecular formula is C19H17NO3S. The van der Waals surface area contributed by atoms with Gasteiger partial charge in [0.25, 0.3) is 11.1 Å². The molecule has 0 N–H and O–H groups in total. The molecule has 1 aliphatic rings. The predicted octanol–water partition coefficient (Wildman–Crippen LogP) is 4.24. The second-order valence-electron chi connectivity index (χ2n) is 5.50. The molecule has 1 heterocycles. The number of ether oxygens (including phenoxy) is 1. The normalized spacial score (nSPS) is 16.1. The summed E-state index contributed by atoms with van der Waals surface area (Å²) >= 11 is 0.961. The van der Waals surface area contributed by atoms with Crippen LogP contribution in [0, 0.1) is 6.92 Å². The van der Waals surface area contributed by atoms with Gasteiger partial charge in [0.05, 0.1) is 18.6 Å². The van der Waals surface area contributed by atoms with Crippen LogP contribution in [0.2, 0.25) is 0 Å². The zero-order valence-corrected chi connectivity index (χ0v) is 14.3. The lowest BCUT2D eigenvalue weighted by Crippen LogP contribution is -2.27. The van der Waals surface area contributed by atoms with Crippen molar-refractivity contribution in [2.24, 2.45) is 0 Å². The lowest BCUT2D eigenvalue weighted by molar-refractivity contribution is -0.123. The third-order valence-corrected chi connectivity index (χ3v) is 4.67. The van der Waals surface area contributed by atoms with Gasteiger partial charge in [-0.15, -0.1) is 0 Å². The van der Waals surface area contributed by atoms with Crippen LogP contribution in [0.5, 0.6) is 5.75 Å². The number of rotatable bonds is 4. The zero-order chi connectivity index (χ0) is 17.1. The molecule has 4 nitrogen and oxygen atoms in total. The Morgan fingerprint density at radius 2 is 1.79 bits per heavy atom. The fraction of sp³-hybridized carbons (Fsp3) is 0.158. The summed E-state index contributed by atoms with van der Waals surface area (Å²) in [4.78, 5) is 26.5. The van der Waals surface area contributed by atoms with Crippen molar-refractivity contribution in [2.75, 3.05) is 7.11 Å². The first-order chi connectivity index (χ1) is 11.6. The molecule has 3 rings (SSSR count). The molecule has 0 aliphatic carbocycles. The van der Waals surface area contributed by atoms with Crippen LogP contribution in [-0.2, 0) is 11.3 Å². The molecule has 2 amide bonds. The quantitative estimate of drug-likeness (QED) is 0.782. The molecule has 2 aromatic carbocycles. The maximum Gasteiger partial charge on any atom is 0.293 e. The monoisotopic (exact) mass is 339 g/mol. The van der Waals surface area contributed by atoms with Gasteiger partial charge >= 0.3 is 0 Å². The average Bonchev–Trinajstić information content (AvgIpc) is 2.85. The number of benzene rings is 2. The molecule has 0 radical (unpaired) electrons. The van der Waals surface area contributed by atoms with Gasteiger partial charge in [0.2, 0.25) is 0 Å². The van der Waals surface area contributed by atoms with Crippen molar-refractivity contribution in [3.63, 3.8) is 0 Å². The lowest BCUT2D eigenvalue weighted by Gasteiger charge is -2.12. The number of hydrogen-bond donors (Lipinski definition) is 0. The maximum absolute atomic E-state index is 12.6. The summed E-state index contributed by atoms with van der Waals surface area (Å²) in [6.07, 6.45) is 1.71. The number of aryl methyl sites for hydroxylation is 1. The smallest absolute Gasteiger partial charge is 0.293 e. The first-order valence-corrected chi connectivity index (χ1v) is 8.34. The second-order valence-corrected chi connectivity index (χ2v) is 6.49. The number of thioether (sulfide) groups is 1. The Bertz CT molecular complexity index is 812. The Morgan fingerprint density at radius 3 is 2.50 bits per heavy atom. The average molecular weight is 339 g/mol. The van der Waals surface area contributed by atoms with E-state index in [9.17, 15) is 9.59 Å². The summed E-state index contributed by atoms with van der Waals surface area (Å²) in [5.74, 6) is 0.402. The molecule has 1 saturated heterocycles. The molecule has 0 bridgehead atoms. The van der Waals surface area contributed by atoms with Crippen molar-refractivity contribution in [1.82, 2.24) is 4.90 Å². The van der Waals surface area contributed by atoms with Crippen LogP contribution < -0.4 is 4.74 Å². The lowest BCUT2D eigenvalue weighted by atomic mass is 10.1. The Labute approximate surface area is 145 Å². The van der Waals surface area contributed by atoms with Gasteiger partial charge in [0.1, 0.15) is 5.75 Å². The molecule has 24 heavy (non-hydrogen) atoms. The minimum Gasteiger partial charge on any atom is -0.496 e. The molecular weight excluding hydrogens is 322 g/mol. The van der Waals surface area contributed by atoms with E-state index in [0.29, 0.717) is 10.7 Å². The van der Waals surface area contributed by atoms with Gasteiger partial charge in [-0.05, 0) is 36.4 Å². The van der Waals surface area contributed by atoms with E-state index in [-0.39, 0.29) is 17.7 Å². The van der Waals surface area contributed by atoms with E-state index in [1.807, 2.05) is 55.5 Å². The highest BCUT2D eigenvalue weighted by atomic mass is 32.2. The van der Waals surface area contributed by atoms with Crippen molar-refractivity contribution >= 4 is 29.0 Å². The van der Waals surface area contributed by atoms with Gasteiger partial charge in [-0.1, -0.05) is 48.0 Å². The molecule has 0 spiro atoms. The van der Waals surface area contributed by atoms with Crippen molar-refractivity contribution < 1.29 is 14.3 Å². The topological polar surface area (TPSA) is 46.6 Å². The van der Waals surface area contributed by atoms with Crippen molar-refractivity contribution in [3.05, 3.63) is 70.1 Å². The van der Waals surface area contributed by atoms with Crippen LogP contribution in [-0.4, -0.2) is 23.2 Å². The SMILES string of the molecule is COc1ccccc1/C=C1\SC(=O)N(Cc2ccc(C)cc2)C1=O. The standard InChI is InChI=1S/C19H17NO3S/c1-13-7-9-14(10-8-13)12-20-18(21)17(24-19(20)22)11-15-5-3-4-6-16(15)23-2/h3-11H,12H2,1-2H3/b17-11-. The van der Waals surface area contributed by atoms with Crippen LogP contribution in [0.3, 0.4) is 0 Å². The summed E-state index contributed by atoms with van der Waals surface area (Å²) in [5.41, 5.74) is 2.85. The number of carbonyl (C=O) groups is 2. The second kappa shape index (κ2) is 6.93. The third kappa shape index (κ3) is 3.36. The predicted molar refractivity (Wildman–Crippen MR) is 95.7 cm³/mol. The molecule has 0 atom stereocenters. The molecule has 0 saturated carbocycles. The van der Waals surface area contributed by atoms with Crippen LogP contribution in [0.15, 0.2) is 53.4 Å². The molecule has 1 aliphatic heterocycles. The molecule has 0 unspecified atom stereocenters. The van der Waals surface area contributed by atoms with Crippen LogP contribution in [0.25, 0.3) is 6.08 Å². The molecule has 1 fully saturated rings. The van der Waals surface area contributed by atoms with Crippen LogP contribution >= 0.6 is 11.8 Å². The summed E-state index contributed by atoms with van der Waals surface area (Å²) in [6.45, 7) is 2.29. The van der Waals surface area contributed by atoms with Gasteiger partial charge in [-0.3, -0.25) is 14.5 Å². The summed E-state index contributed by atoms with van der Waals surface area (Å²) < 4.78 is 5.29. The molecule has 2 aromatic rings. The number of hydrogen-bond acceptors (Lipinski definition) is 4. The third-order valence-electron chi connectivity index (χ3n) is 3.76. The van der Waals surface area contributed by atoms with Gasteiger partial charge in [0, 0.05) is 5.56 Å². The fourth-order valence-corrected chi connectivity index (χ4v) is 3.27. The van der Waals surface area contributed by atoms with Crippen molar-refractivity contribution in [1.29, 1.82) is 0 Å². The van der Waals surface area contributed by atoms with Crippen molar-refractivity contribution in [3.8, 4) is 5.75 Å². The van der Waals surface area contributed by atoms with E-state index in [0.717, 1.165) is 28.5 Å². The van der Waals surface area contributed by atoms with Gasteiger partial charge in [-0.25, -0.2) is 0 Å². The number of carbonyl (C=O) groups excluding carboxylic acids is 2.